The van der Waals surface area contributed by atoms with Gasteiger partial charge in [0.1, 0.15) is 0 Å². The van der Waals surface area contributed by atoms with Crippen molar-refractivity contribution in [3.8, 4) is 11.3 Å². The molecule has 0 bridgehead atoms. The van der Waals surface area contributed by atoms with Crippen LogP contribution in [0.1, 0.15) is 18.1 Å². The van der Waals surface area contributed by atoms with E-state index in [9.17, 15) is 0 Å². The molecule has 0 saturated heterocycles. The van der Waals surface area contributed by atoms with E-state index in [1.54, 1.807) is 11.3 Å². The number of thiazole rings is 1. The number of nitrogens with one attached hydrogen (secondary N) is 1. The molecule has 0 aliphatic rings. The topological polar surface area (TPSA) is 24.9 Å². The molecule has 0 aliphatic carbocycles. The normalized spacial score (nSPS) is 10.4. The van der Waals surface area contributed by atoms with Gasteiger partial charge in [-0.2, -0.15) is 0 Å². The summed E-state index contributed by atoms with van der Waals surface area (Å²) in [5.74, 6) is 0. The van der Waals surface area contributed by atoms with Gasteiger partial charge in [-0.05, 0) is 32.4 Å². The first-order valence-corrected chi connectivity index (χ1v) is 6.35. The van der Waals surface area contributed by atoms with Crippen LogP contribution in [0.2, 0.25) is 0 Å². The van der Waals surface area contributed by atoms with Crippen LogP contribution < -0.4 is 5.32 Å². The molecule has 84 valence electrons. The van der Waals surface area contributed by atoms with Crippen molar-refractivity contribution in [3.05, 3.63) is 34.7 Å². The minimum atomic E-state index is 0.916. The maximum Gasteiger partial charge on any atom is 0.183 e. The monoisotopic (exact) mass is 232 g/mol. The average molecular weight is 232 g/mol. The summed E-state index contributed by atoms with van der Waals surface area (Å²) in [6.07, 6.45) is 0. The summed E-state index contributed by atoms with van der Waals surface area (Å²) in [6.45, 7) is 7.24. The van der Waals surface area contributed by atoms with Crippen molar-refractivity contribution in [3.63, 3.8) is 0 Å². The summed E-state index contributed by atoms with van der Waals surface area (Å²) in [4.78, 5) is 4.58. The highest BCUT2D eigenvalue weighted by Gasteiger charge is 2.06. The molecule has 0 radical (unpaired) electrons. The lowest BCUT2D eigenvalue weighted by atomic mass is 10.0. The van der Waals surface area contributed by atoms with Crippen molar-refractivity contribution in [2.75, 3.05) is 11.9 Å². The first kappa shape index (κ1) is 11.1. The van der Waals surface area contributed by atoms with Gasteiger partial charge in [-0.25, -0.2) is 4.98 Å². The van der Waals surface area contributed by atoms with Gasteiger partial charge < -0.3 is 5.32 Å². The minimum absolute atomic E-state index is 0.916. The van der Waals surface area contributed by atoms with Crippen LogP contribution in [0.25, 0.3) is 11.3 Å². The third-order valence-electron chi connectivity index (χ3n) is 2.50. The van der Waals surface area contributed by atoms with Gasteiger partial charge in [-0.1, -0.05) is 17.7 Å². The maximum atomic E-state index is 4.58. The van der Waals surface area contributed by atoms with Crippen molar-refractivity contribution in [2.24, 2.45) is 0 Å². The van der Waals surface area contributed by atoms with Gasteiger partial charge in [0, 0.05) is 17.5 Å². The Kier molecular flexibility index (Phi) is 3.25. The van der Waals surface area contributed by atoms with Gasteiger partial charge in [-0.15, -0.1) is 11.3 Å². The third kappa shape index (κ3) is 2.25. The average Bonchev–Trinajstić information content (AvgIpc) is 2.71. The summed E-state index contributed by atoms with van der Waals surface area (Å²) < 4.78 is 0. The molecule has 1 N–H and O–H groups in total. The Labute approximate surface area is 100 Å². The molecule has 0 aliphatic heterocycles. The number of anilines is 1. The van der Waals surface area contributed by atoms with E-state index in [0.717, 1.165) is 17.4 Å². The summed E-state index contributed by atoms with van der Waals surface area (Å²) in [6, 6.07) is 6.48. The molecule has 2 nitrogen and oxygen atoms in total. The van der Waals surface area contributed by atoms with E-state index in [-0.39, 0.29) is 0 Å². The van der Waals surface area contributed by atoms with Crippen LogP contribution in [-0.4, -0.2) is 11.5 Å². The predicted molar refractivity (Wildman–Crippen MR) is 71.2 cm³/mol. The highest BCUT2D eigenvalue weighted by molar-refractivity contribution is 7.14. The van der Waals surface area contributed by atoms with Crippen LogP contribution in [0.15, 0.2) is 23.6 Å². The van der Waals surface area contributed by atoms with E-state index < -0.39 is 0 Å². The minimum Gasteiger partial charge on any atom is -0.362 e. The zero-order valence-electron chi connectivity index (χ0n) is 9.87. The van der Waals surface area contributed by atoms with Crippen molar-refractivity contribution < 1.29 is 0 Å². The molecule has 1 aromatic heterocycles. The molecule has 0 fully saturated rings. The third-order valence-corrected chi connectivity index (χ3v) is 3.30. The van der Waals surface area contributed by atoms with Crippen molar-refractivity contribution in [1.29, 1.82) is 0 Å². The molecule has 1 aromatic carbocycles. The van der Waals surface area contributed by atoms with E-state index in [0.29, 0.717) is 0 Å². The number of hydrogen-bond donors (Lipinski definition) is 1. The summed E-state index contributed by atoms with van der Waals surface area (Å²) >= 11 is 1.66. The van der Waals surface area contributed by atoms with Gasteiger partial charge >= 0.3 is 0 Å². The quantitative estimate of drug-likeness (QED) is 0.869. The highest BCUT2D eigenvalue weighted by Crippen LogP contribution is 2.27. The summed E-state index contributed by atoms with van der Waals surface area (Å²) in [5, 5.41) is 6.35. The van der Waals surface area contributed by atoms with Crippen LogP contribution in [0.3, 0.4) is 0 Å². The SMILES string of the molecule is CCNc1nc(-c2cc(C)ccc2C)cs1. The van der Waals surface area contributed by atoms with Crippen LogP contribution in [-0.2, 0) is 0 Å². The zero-order chi connectivity index (χ0) is 11.5. The molecule has 3 heteroatoms. The van der Waals surface area contributed by atoms with Gasteiger partial charge in [0.25, 0.3) is 0 Å². The predicted octanol–water partition coefficient (Wildman–Crippen LogP) is 3.86. The Hall–Kier alpha value is -1.35. The Bertz CT molecular complexity index is 488. The number of benzene rings is 1. The Balaban J connectivity index is 2.38. The number of rotatable bonds is 3. The molecule has 0 amide bonds. The van der Waals surface area contributed by atoms with Crippen molar-refractivity contribution in [1.82, 2.24) is 4.98 Å². The van der Waals surface area contributed by atoms with Crippen LogP contribution >= 0.6 is 11.3 Å². The number of aromatic nitrogens is 1. The van der Waals surface area contributed by atoms with E-state index in [4.69, 9.17) is 0 Å². The van der Waals surface area contributed by atoms with Crippen LogP contribution in [0.5, 0.6) is 0 Å². The maximum absolute atomic E-state index is 4.58. The zero-order valence-corrected chi connectivity index (χ0v) is 10.7. The Morgan fingerprint density at radius 1 is 1.31 bits per heavy atom. The Morgan fingerprint density at radius 2 is 2.12 bits per heavy atom. The van der Waals surface area contributed by atoms with Gasteiger partial charge in [-0.3, -0.25) is 0 Å². The molecule has 0 unspecified atom stereocenters. The second kappa shape index (κ2) is 4.66. The number of hydrogen-bond acceptors (Lipinski definition) is 3. The second-order valence-corrected chi connectivity index (χ2v) is 4.74. The molecule has 0 spiro atoms. The molecule has 0 atom stereocenters. The molecule has 2 aromatic rings. The number of aryl methyl sites for hydroxylation is 2. The standard InChI is InChI=1S/C13H16N2S/c1-4-14-13-15-12(8-16-13)11-7-9(2)5-6-10(11)3/h5-8H,4H2,1-3H3,(H,14,15). The van der Waals surface area contributed by atoms with Crippen molar-refractivity contribution in [2.45, 2.75) is 20.8 Å². The molecule has 0 saturated carbocycles. The van der Waals surface area contributed by atoms with E-state index >= 15 is 0 Å². The number of nitrogens with zero attached hydrogens (tertiary/aromatic N) is 1. The first-order chi connectivity index (χ1) is 7.70. The lowest BCUT2D eigenvalue weighted by Gasteiger charge is -2.03. The second-order valence-electron chi connectivity index (χ2n) is 3.89. The largest absolute Gasteiger partial charge is 0.362 e. The fourth-order valence-electron chi connectivity index (χ4n) is 1.64. The molecular formula is C13H16N2S. The lowest BCUT2D eigenvalue weighted by molar-refractivity contribution is 1.19. The van der Waals surface area contributed by atoms with Crippen molar-refractivity contribution >= 4 is 16.5 Å². The molecule has 16 heavy (non-hydrogen) atoms. The van der Waals surface area contributed by atoms with Gasteiger partial charge in [0.2, 0.25) is 0 Å². The van der Waals surface area contributed by atoms with Crippen LogP contribution in [0.4, 0.5) is 5.13 Å². The fraction of sp³-hybridized carbons (Fsp3) is 0.308. The Morgan fingerprint density at radius 3 is 2.88 bits per heavy atom. The van der Waals surface area contributed by atoms with E-state index in [1.807, 2.05) is 0 Å². The lowest BCUT2D eigenvalue weighted by Crippen LogP contribution is -1.95. The first-order valence-electron chi connectivity index (χ1n) is 5.47. The van der Waals surface area contributed by atoms with E-state index in [2.05, 4.69) is 54.7 Å². The molecule has 1 heterocycles. The smallest absolute Gasteiger partial charge is 0.183 e. The summed E-state index contributed by atoms with van der Waals surface area (Å²) in [5.41, 5.74) is 4.86. The fourth-order valence-corrected chi connectivity index (χ4v) is 2.42. The van der Waals surface area contributed by atoms with Crippen LogP contribution in [0, 0.1) is 13.8 Å². The highest BCUT2D eigenvalue weighted by atomic mass is 32.1. The summed E-state index contributed by atoms with van der Waals surface area (Å²) in [7, 11) is 0. The molecule has 2 rings (SSSR count). The van der Waals surface area contributed by atoms with Gasteiger partial charge in [0.15, 0.2) is 5.13 Å². The molecular weight excluding hydrogens is 216 g/mol. The van der Waals surface area contributed by atoms with E-state index in [1.165, 1.54) is 16.7 Å². The van der Waals surface area contributed by atoms with Gasteiger partial charge in [0.05, 0.1) is 5.69 Å².